The van der Waals surface area contributed by atoms with Crippen molar-refractivity contribution < 1.29 is 17.9 Å². The highest BCUT2D eigenvalue weighted by Gasteiger charge is 2.37. The Labute approximate surface area is 202 Å². The predicted octanol–water partition coefficient (Wildman–Crippen LogP) is 3.48. The Kier molecular flexibility index (Phi) is 7.35. The Hall–Kier alpha value is -1.09. The SMILES string of the molecule is O=C(C1CCN(S(=O)(=O)c2ccc3c(c2)CCCC3)CC1)N(CC1CCCO1)C1CCSC1. The first-order valence-corrected chi connectivity index (χ1v) is 15.2. The number of aryl methyl sites for hydroxylation is 2. The molecular weight excluding hydrogens is 456 g/mol. The maximum absolute atomic E-state index is 13.6. The minimum Gasteiger partial charge on any atom is -0.376 e. The largest absolute Gasteiger partial charge is 0.376 e. The van der Waals surface area contributed by atoms with E-state index in [-0.39, 0.29) is 17.9 Å². The topological polar surface area (TPSA) is 66.9 Å². The summed E-state index contributed by atoms with van der Waals surface area (Å²) in [5, 5.41) is 0. The van der Waals surface area contributed by atoms with E-state index in [1.807, 2.05) is 23.9 Å². The van der Waals surface area contributed by atoms with Crippen molar-refractivity contribution in [2.75, 3.05) is 37.7 Å². The van der Waals surface area contributed by atoms with Gasteiger partial charge in [-0.3, -0.25) is 4.79 Å². The molecule has 3 aliphatic heterocycles. The van der Waals surface area contributed by atoms with Gasteiger partial charge in [0.15, 0.2) is 0 Å². The standard InChI is InChI=1S/C25H36N2O4S2/c28-25(27(22-11-15-32-18-22)17-23-6-3-14-31-23)20-9-12-26(13-10-20)33(29,30)24-8-7-19-4-1-2-5-21(19)16-24/h7-8,16,20,22-23H,1-6,9-15,17-18H2. The number of hydrogen-bond donors (Lipinski definition) is 0. The Morgan fingerprint density at radius 1 is 1.06 bits per heavy atom. The molecule has 3 saturated heterocycles. The van der Waals surface area contributed by atoms with Crippen LogP contribution in [0.15, 0.2) is 23.1 Å². The monoisotopic (exact) mass is 492 g/mol. The number of rotatable bonds is 6. The van der Waals surface area contributed by atoms with Crippen LogP contribution in [0.3, 0.4) is 0 Å². The Bertz CT molecular complexity index is 947. The predicted molar refractivity (Wildman–Crippen MR) is 131 cm³/mol. The van der Waals surface area contributed by atoms with E-state index in [4.69, 9.17) is 4.74 Å². The zero-order valence-corrected chi connectivity index (χ0v) is 21.0. The zero-order valence-electron chi connectivity index (χ0n) is 19.4. The van der Waals surface area contributed by atoms with Crippen molar-refractivity contribution >= 4 is 27.7 Å². The van der Waals surface area contributed by atoms with Gasteiger partial charge >= 0.3 is 0 Å². The fraction of sp³-hybridized carbons (Fsp3) is 0.720. The summed E-state index contributed by atoms with van der Waals surface area (Å²) in [6.45, 7) is 2.33. The number of carbonyl (C=O) groups is 1. The average molecular weight is 493 g/mol. The van der Waals surface area contributed by atoms with Gasteiger partial charge in [0.05, 0.1) is 11.0 Å². The van der Waals surface area contributed by atoms with Gasteiger partial charge < -0.3 is 9.64 Å². The van der Waals surface area contributed by atoms with E-state index in [0.29, 0.717) is 43.4 Å². The molecule has 5 rings (SSSR count). The second kappa shape index (κ2) is 10.3. The van der Waals surface area contributed by atoms with Gasteiger partial charge in [-0.05, 0) is 86.8 Å². The smallest absolute Gasteiger partial charge is 0.243 e. The number of sulfonamides is 1. The summed E-state index contributed by atoms with van der Waals surface area (Å²) in [5.74, 6) is 2.23. The molecule has 4 aliphatic rings. The van der Waals surface area contributed by atoms with Crippen molar-refractivity contribution in [3.05, 3.63) is 29.3 Å². The highest BCUT2D eigenvalue weighted by Crippen LogP contribution is 2.31. The third-order valence-corrected chi connectivity index (χ3v) is 10.9. The maximum atomic E-state index is 13.6. The lowest BCUT2D eigenvalue weighted by Gasteiger charge is -2.37. The third kappa shape index (κ3) is 5.14. The van der Waals surface area contributed by atoms with E-state index in [0.717, 1.165) is 56.6 Å². The molecule has 1 aromatic rings. The highest BCUT2D eigenvalue weighted by molar-refractivity contribution is 7.99. The first-order valence-electron chi connectivity index (χ1n) is 12.6. The van der Waals surface area contributed by atoms with Crippen molar-refractivity contribution in [1.82, 2.24) is 9.21 Å². The van der Waals surface area contributed by atoms with Gasteiger partial charge in [0, 0.05) is 44.0 Å². The van der Waals surface area contributed by atoms with Crippen molar-refractivity contribution in [2.45, 2.75) is 74.8 Å². The molecule has 0 aromatic heterocycles. The third-order valence-electron chi connectivity index (χ3n) is 7.81. The van der Waals surface area contributed by atoms with Gasteiger partial charge in [-0.2, -0.15) is 16.1 Å². The van der Waals surface area contributed by atoms with Crippen LogP contribution in [0.2, 0.25) is 0 Å². The van der Waals surface area contributed by atoms with E-state index >= 15 is 0 Å². The molecule has 2 atom stereocenters. The van der Waals surface area contributed by atoms with Crippen LogP contribution >= 0.6 is 11.8 Å². The van der Waals surface area contributed by atoms with Gasteiger partial charge in [0.1, 0.15) is 0 Å². The molecule has 0 N–H and O–H groups in total. The molecular formula is C25H36N2O4S2. The van der Waals surface area contributed by atoms with E-state index in [1.54, 1.807) is 10.4 Å². The van der Waals surface area contributed by atoms with Crippen LogP contribution in [0.1, 0.15) is 56.1 Å². The summed E-state index contributed by atoms with van der Waals surface area (Å²) < 4.78 is 34.1. The molecule has 8 heteroatoms. The first kappa shape index (κ1) is 23.6. The van der Waals surface area contributed by atoms with E-state index in [9.17, 15) is 13.2 Å². The Morgan fingerprint density at radius 2 is 1.85 bits per heavy atom. The number of amides is 1. The lowest BCUT2D eigenvalue weighted by molar-refractivity contribution is -0.140. The fourth-order valence-corrected chi connectivity index (χ4v) is 8.54. The van der Waals surface area contributed by atoms with Crippen LogP contribution < -0.4 is 0 Å². The quantitative estimate of drug-likeness (QED) is 0.608. The first-order chi connectivity index (χ1) is 16.0. The Balaban J connectivity index is 1.24. The fourth-order valence-electron chi connectivity index (χ4n) is 5.79. The van der Waals surface area contributed by atoms with Crippen LogP contribution in [0.25, 0.3) is 0 Å². The maximum Gasteiger partial charge on any atom is 0.243 e. The minimum atomic E-state index is -3.51. The van der Waals surface area contributed by atoms with Crippen LogP contribution in [0.5, 0.6) is 0 Å². The molecule has 33 heavy (non-hydrogen) atoms. The number of piperidine rings is 1. The van der Waals surface area contributed by atoms with Gasteiger partial charge in [-0.25, -0.2) is 8.42 Å². The number of ether oxygens (including phenoxy) is 1. The van der Waals surface area contributed by atoms with Crippen molar-refractivity contribution in [2.24, 2.45) is 5.92 Å². The van der Waals surface area contributed by atoms with E-state index < -0.39 is 10.0 Å². The van der Waals surface area contributed by atoms with Crippen LogP contribution in [-0.4, -0.2) is 73.4 Å². The normalized spacial score (nSPS) is 26.9. The number of benzene rings is 1. The summed E-state index contributed by atoms with van der Waals surface area (Å²) in [6, 6.07) is 5.96. The molecule has 0 bridgehead atoms. The lowest BCUT2D eigenvalue weighted by atomic mass is 9.92. The molecule has 6 nitrogen and oxygen atoms in total. The van der Waals surface area contributed by atoms with Gasteiger partial charge in [0.25, 0.3) is 0 Å². The van der Waals surface area contributed by atoms with Crippen LogP contribution in [0.4, 0.5) is 0 Å². The number of carbonyl (C=O) groups excluding carboxylic acids is 1. The molecule has 2 unspecified atom stereocenters. The van der Waals surface area contributed by atoms with Crippen molar-refractivity contribution in [1.29, 1.82) is 0 Å². The molecule has 3 fully saturated rings. The Morgan fingerprint density at radius 3 is 2.55 bits per heavy atom. The van der Waals surface area contributed by atoms with Gasteiger partial charge in [-0.1, -0.05) is 6.07 Å². The van der Waals surface area contributed by atoms with E-state index in [2.05, 4.69) is 4.90 Å². The molecule has 1 amide bonds. The van der Waals surface area contributed by atoms with Gasteiger partial charge in [0.2, 0.25) is 15.9 Å². The van der Waals surface area contributed by atoms with Crippen molar-refractivity contribution in [3.8, 4) is 0 Å². The summed E-state index contributed by atoms with van der Waals surface area (Å²) in [4.78, 5) is 16.1. The molecule has 182 valence electrons. The zero-order chi connectivity index (χ0) is 22.8. The number of nitrogens with zero attached hydrogens (tertiary/aromatic N) is 2. The van der Waals surface area contributed by atoms with Crippen LogP contribution in [-0.2, 0) is 32.4 Å². The minimum absolute atomic E-state index is 0.0908. The highest BCUT2D eigenvalue weighted by atomic mass is 32.2. The van der Waals surface area contributed by atoms with E-state index in [1.165, 1.54) is 17.5 Å². The summed E-state index contributed by atoms with van der Waals surface area (Å²) in [7, 11) is -3.51. The van der Waals surface area contributed by atoms with Gasteiger partial charge in [-0.15, -0.1) is 0 Å². The lowest BCUT2D eigenvalue weighted by Crippen LogP contribution is -2.50. The molecule has 1 aromatic carbocycles. The average Bonchev–Trinajstić information content (AvgIpc) is 3.56. The summed E-state index contributed by atoms with van der Waals surface area (Å²) in [6.07, 6.45) is 8.84. The number of thioether (sulfide) groups is 1. The second-order valence-electron chi connectivity index (χ2n) is 9.96. The van der Waals surface area contributed by atoms with Crippen LogP contribution in [0, 0.1) is 5.92 Å². The second-order valence-corrected chi connectivity index (χ2v) is 13.0. The molecule has 1 aliphatic carbocycles. The molecule has 3 heterocycles. The number of fused-ring (bicyclic) bond motifs is 1. The number of hydrogen-bond acceptors (Lipinski definition) is 5. The molecule has 0 radical (unpaired) electrons. The molecule has 0 spiro atoms. The summed E-state index contributed by atoms with van der Waals surface area (Å²) >= 11 is 1.92. The molecule has 0 saturated carbocycles. The summed E-state index contributed by atoms with van der Waals surface area (Å²) in [5.41, 5.74) is 2.48. The van der Waals surface area contributed by atoms with Crippen molar-refractivity contribution in [3.63, 3.8) is 0 Å².